The lowest BCUT2D eigenvalue weighted by atomic mass is 10.1. The molecular formula is C14H7Cl2FN2O. The first-order valence-corrected chi connectivity index (χ1v) is 6.23. The maximum atomic E-state index is 13.6. The first-order valence-electron chi connectivity index (χ1n) is 5.47. The number of carbonyl (C=O) groups excluding carboxylic acids is 1. The van der Waals surface area contributed by atoms with E-state index in [4.69, 9.17) is 28.5 Å². The Bertz CT molecular complexity index is 726. The van der Waals surface area contributed by atoms with Gasteiger partial charge in [0.25, 0.3) is 5.91 Å². The number of rotatable bonds is 2. The fraction of sp³-hybridized carbons (Fsp3) is 0. The number of hydrogen-bond acceptors (Lipinski definition) is 2. The summed E-state index contributed by atoms with van der Waals surface area (Å²) in [5.41, 5.74) is 0.439. The summed E-state index contributed by atoms with van der Waals surface area (Å²) in [7, 11) is 0. The molecule has 3 nitrogen and oxygen atoms in total. The molecule has 6 heteroatoms. The predicted octanol–water partition coefficient (Wildman–Crippen LogP) is 4.26. The van der Waals surface area contributed by atoms with E-state index in [-0.39, 0.29) is 21.2 Å². The van der Waals surface area contributed by atoms with Gasteiger partial charge in [-0.25, -0.2) is 4.39 Å². The van der Waals surface area contributed by atoms with Crippen LogP contribution in [0, 0.1) is 17.1 Å². The molecule has 0 bridgehead atoms. The van der Waals surface area contributed by atoms with Gasteiger partial charge in [0, 0.05) is 10.7 Å². The molecular weight excluding hydrogens is 302 g/mol. The monoisotopic (exact) mass is 308 g/mol. The first-order chi connectivity index (χ1) is 9.51. The molecule has 0 aliphatic heterocycles. The van der Waals surface area contributed by atoms with Crippen LogP contribution in [0.15, 0.2) is 36.4 Å². The SMILES string of the molecule is N#Cc1cc(NC(=O)c2ccc(Cl)cc2F)ccc1Cl. The van der Waals surface area contributed by atoms with Gasteiger partial charge in [0.2, 0.25) is 0 Å². The lowest BCUT2D eigenvalue weighted by Gasteiger charge is -2.07. The average molecular weight is 309 g/mol. The summed E-state index contributed by atoms with van der Waals surface area (Å²) < 4.78 is 13.6. The average Bonchev–Trinajstić information content (AvgIpc) is 2.40. The number of hydrogen-bond donors (Lipinski definition) is 1. The molecule has 100 valence electrons. The summed E-state index contributed by atoms with van der Waals surface area (Å²) in [6.07, 6.45) is 0. The molecule has 0 saturated carbocycles. The van der Waals surface area contributed by atoms with Crippen molar-refractivity contribution in [2.75, 3.05) is 5.32 Å². The predicted molar refractivity (Wildman–Crippen MR) is 75.5 cm³/mol. The van der Waals surface area contributed by atoms with Crippen LogP contribution in [-0.2, 0) is 0 Å². The summed E-state index contributed by atoms with van der Waals surface area (Å²) in [4.78, 5) is 11.9. The molecule has 2 aromatic carbocycles. The lowest BCUT2D eigenvalue weighted by molar-refractivity contribution is 0.102. The van der Waals surface area contributed by atoms with E-state index in [2.05, 4.69) is 5.32 Å². The maximum absolute atomic E-state index is 13.6. The number of benzene rings is 2. The molecule has 1 amide bonds. The fourth-order valence-electron chi connectivity index (χ4n) is 1.56. The number of halogens is 3. The highest BCUT2D eigenvalue weighted by molar-refractivity contribution is 6.32. The molecule has 0 fully saturated rings. The number of carbonyl (C=O) groups is 1. The third kappa shape index (κ3) is 3.08. The van der Waals surface area contributed by atoms with Crippen LogP contribution in [-0.4, -0.2) is 5.91 Å². The molecule has 1 N–H and O–H groups in total. The summed E-state index contributed by atoms with van der Waals surface area (Å²) in [5, 5.41) is 11.8. The number of nitrogens with zero attached hydrogens (tertiary/aromatic N) is 1. The van der Waals surface area contributed by atoms with Crippen LogP contribution in [0.1, 0.15) is 15.9 Å². The smallest absolute Gasteiger partial charge is 0.258 e. The number of nitriles is 1. The van der Waals surface area contributed by atoms with Crippen LogP contribution in [0.5, 0.6) is 0 Å². The highest BCUT2D eigenvalue weighted by Gasteiger charge is 2.13. The van der Waals surface area contributed by atoms with Crippen molar-refractivity contribution in [3.05, 3.63) is 63.4 Å². The van der Waals surface area contributed by atoms with Crippen LogP contribution in [0.3, 0.4) is 0 Å². The molecule has 0 aliphatic carbocycles. The van der Waals surface area contributed by atoms with Crippen molar-refractivity contribution in [1.29, 1.82) is 5.26 Å². The van der Waals surface area contributed by atoms with Crippen molar-refractivity contribution in [1.82, 2.24) is 0 Å². The van der Waals surface area contributed by atoms with Gasteiger partial charge in [-0.05, 0) is 36.4 Å². The Hall–Kier alpha value is -2.09. The third-order valence-corrected chi connectivity index (χ3v) is 3.09. The van der Waals surface area contributed by atoms with Gasteiger partial charge in [0.15, 0.2) is 0 Å². The molecule has 0 aliphatic rings. The van der Waals surface area contributed by atoms with Gasteiger partial charge in [0.1, 0.15) is 11.9 Å². The summed E-state index contributed by atoms with van der Waals surface area (Å²) in [5.74, 6) is -1.35. The Labute approximate surface area is 124 Å². The minimum Gasteiger partial charge on any atom is -0.322 e. The van der Waals surface area contributed by atoms with Crippen molar-refractivity contribution in [2.24, 2.45) is 0 Å². The van der Waals surface area contributed by atoms with E-state index in [1.165, 1.54) is 30.3 Å². The van der Waals surface area contributed by atoms with Crippen molar-refractivity contribution < 1.29 is 9.18 Å². The van der Waals surface area contributed by atoms with Crippen LogP contribution >= 0.6 is 23.2 Å². The largest absolute Gasteiger partial charge is 0.322 e. The highest BCUT2D eigenvalue weighted by atomic mass is 35.5. The maximum Gasteiger partial charge on any atom is 0.258 e. The summed E-state index contributed by atoms with van der Waals surface area (Å²) in [6, 6.07) is 10.1. The topological polar surface area (TPSA) is 52.9 Å². The zero-order valence-corrected chi connectivity index (χ0v) is 11.5. The summed E-state index contributed by atoms with van der Waals surface area (Å²) >= 11 is 11.4. The Morgan fingerprint density at radius 2 is 1.95 bits per heavy atom. The van der Waals surface area contributed by atoms with E-state index >= 15 is 0 Å². The zero-order valence-electron chi connectivity index (χ0n) is 9.95. The van der Waals surface area contributed by atoms with Gasteiger partial charge in [-0.15, -0.1) is 0 Å². The number of nitrogens with one attached hydrogen (secondary N) is 1. The van der Waals surface area contributed by atoms with Crippen LogP contribution < -0.4 is 5.32 Å². The van der Waals surface area contributed by atoms with Gasteiger partial charge in [-0.2, -0.15) is 5.26 Å². The normalized spacial score (nSPS) is 9.90. The molecule has 0 atom stereocenters. The Morgan fingerprint density at radius 3 is 2.60 bits per heavy atom. The second-order valence-corrected chi connectivity index (χ2v) is 4.73. The first kappa shape index (κ1) is 14.3. The van der Waals surface area contributed by atoms with Crippen molar-refractivity contribution in [3.63, 3.8) is 0 Å². The second-order valence-electron chi connectivity index (χ2n) is 3.88. The van der Waals surface area contributed by atoms with Crippen LogP contribution in [0.25, 0.3) is 0 Å². The molecule has 0 unspecified atom stereocenters. The Kier molecular flexibility index (Phi) is 4.23. The van der Waals surface area contributed by atoms with Gasteiger partial charge in [-0.3, -0.25) is 4.79 Å². The van der Waals surface area contributed by atoms with E-state index in [1.807, 2.05) is 6.07 Å². The molecule has 2 rings (SSSR count). The molecule has 0 radical (unpaired) electrons. The molecule has 0 aromatic heterocycles. The fourth-order valence-corrected chi connectivity index (χ4v) is 1.88. The highest BCUT2D eigenvalue weighted by Crippen LogP contribution is 2.21. The van der Waals surface area contributed by atoms with E-state index in [9.17, 15) is 9.18 Å². The molecule has 0 spiro atoms. The van der Waals surface area contributed by atoms with Crippen molar-refractivity contribution in [3.8, 4) is 6.07 Å². The standard InChI is InChI=1S/C14H7Cl2FN2O/c15-9-1-3-11(13(17)6-9)14(20)19-10-2-4-12(16)8(5-10)7-18/h1-6H,(H,19,20). The quantitative estimate of drug-likeness (QED) is 0.901. The number of amides is 1. The van der Waals surface area contributed by atoms with E-state index in [0.29, 0.717) is 5.69 Å². The van der Waals surface area contributed by atoms with E-state index in [0.717, 1.165) is 6.07 Å². The Morgan fingerprint density at radius 1 is 1.20 bits per heavy atom. The van der Waals surface area contributed by atoms with Crippen LogP contribution in [0.2, 0.25) is 10.0 Å². The van der Waals surface area contributed by atoms with Gasteiger partial charge in [0.05, 0.1) is 16.1 Å². The molecule has 20 heavy (non-hydrogen) atoms. The van der Waals surface area contributed by atoms with Crippen molar-refractivity contribution in [2.45, 2.75) is 0 Å². The van der Waals surface area contributed by atoms with Gasteiger partial charge >= 0.3 is 0 Å². The lowest BCUT2D eigenvalue weighted by Crippen LogP contribution is -2.13. The van der Waals surface area contributed by atoms with E-state index < -0.39 is 11.7 Å². The third-order valence-electron chi connectivity index (χ3n) is 2.52. The molecule has 0 saturated heterocycles. The van der Waals surface area contributed by atoms with Gasteiger partial charge in [-0.1, -0.05) is 23.2 Å². The molecule has 0 heterocycles. The molecule has 2 aromatic rings. The second kappa shape index (κ2) is 5.91. The van der Waals surface area contributed by atoms with E-state index in [1.54, 1.807) is 0 Å². The summed E-state index contributed by atoms with van der Waals surface area (Å²) in [6.45, 7) is 0. The zero-order chi connectivity index (χ0) is 14.7. The van der Waals surface area contributed by atoms with Crippen molar-refractivity contribution >= 4 is 34.8 Å². The van der Waals surface area contributed by atoms with Crippen LogP contribution in [0.4, 0.5) is 10.1 Å². The number of anilines is 1. The minimum absolute atomic E-state index is 0.136. The van der Waals surface area contributed by atoms with Gasteiger partial charge < -0.3 is 5.32 Å². The minimum atomic E-state index is -0.718. The Balaban J connectivity index is 2.26.